The van der Waals surface area contributed by atoms with Gasteiger partial charge >= 0.3 is 164 Å². The Morgan fingerprint density at radius 1 is 0.720 bits per heavy atom. The molecule has 0 N–H and O–H groups in total. The predicted octanol–water partition coefficient (Wildman–Crippen LogP) is 4.43. The zero-order chi connectivity index (χ0) is 16.6. The van der Waals surface area contributed by atoms with Crippen molar-refractivity contribution in [1.82, 2.24) is 0 Å². The van der Waals surface area contributed by atoms with Crippen molar-refractivity contribution in [2.75, 3.05) is 0 Å². The summed E-state index contributed by atoms with van der Waals surface area (Å²) in [4.78, 5) is 0. The van der Waals surface area contributed by atoms with Crippen LogP contribution in [0.5, 0.6) is 0 Å². The van der Waals surface area contributed by atoms with Crippen LogP contribution < -0.4 is 8.92 Å². The molecule has 0 radical (unpaired) electrons. The van der Waals surface area contributed by atoms with E-state index in [1.807, 2.05) is 11.3 Å². The van der Waals surface area contributed by atoms with Crippen LogP contribution in [0.3, 0.4) is 0 Å². The third-order valence-electron chi connectivity index (χ3n) is 4.19. The van der Waals surface area contributed by atoms with Gasteiger partial charge in [-0.1, -0.05) is 0 Å². The SMILES string of the molecule is c1ccc([Se]c2c(-c3ccccc3)[se]c3sc4ccccc4c23)cc1. The van der Waals surface area contributed by atoms with Crippen LogP contribution in [0, 0.1) is 0 Å². The quantitative estimate of drug-likeness (QED) is 0.344. The molecule has 3 heteroatoms. The average molecular weight is 468 g/mol. The van der Waals surface area contributed by atoms with E-state index in [1.165, 1.54) is 20.1 Å². The fourth-order valence-corrected chi connectivity index (χ4v) is 10.9. The van der Waals surface area contributed by atoms with E-state index in [1.54, 1.807) is 17.9 Å². The van der Waals surface area contributed by atoms with Crippen LogP contribution >= 0.6 is 11.3 Å². The van der Waals surface area contributed by atoms with Crippen LogP contribution in [-0.4, -0.2) is 29.5 Å². The molecule has 3 aromatic carbocycles. The fourth-order valence-electron chi connectivity index (χ4n) is 3.05. The molecular formula is C22H14SSe2. The van der Waals surface area contributed by atoms with Crippen molar-refractivity contribution in [3.63, 3.8) is 0 Å². The summed E-state index contributed by atoms with van der Waals surface area (Å²) in [6, 6.07) is 30.9. The van der Waals surface area contributed by atoms with Crippen molar-refractivity contribution < 1.29 is 0 Å². The molecule has 0 saturated carbocycles. The molecule has 120 valence electrons. The molecule has 0 unspecified atom stereocenters. The zero-order valence-corrected chi connectivity index (χ0v) is 17.6. The average Bonchev–Trinajstić information content (AvgIpc) is 3.20. The molecule has 25 heavy (non-hydrogen) atoms. The Balaban J connectivity index is 1.80. The molecular weight excluding hydrogens is 454 g/mol. The second-order valence-corrected chi connectivity index (χ2v) is 11.9. The summed E-state index contributed by atoms with van der Waals surface area (Å²) in [5.41, 5.74) is 1.41. The van der Waals surface area contributed by atoms with Gasteiger partial charge in [0.2, 0.25) is 0 Å². The molecule has 0 aliphatic rings. The molecule has 0 fully saturated rings. The standard InChI is InChI=1S/C22H14SSe2/c1-3-9-15(10-4-1)20-21(24-16-11-5-2-6-12-16)19-17-13-7-8-14-18(17)23-22(19)25-20/h1-14H. The van der Waals surface area contributed by atoms with Crippen molar-refractivity contribution in [2.24, 2.45) is 0 Å². The molecule has 5 rings (SSSR count). The number of fused-ring (bicyclic) bond motifs is 3. The van der Waals surface area contributed by atoms with Crippen LogP contribution in [0.15, 0.2) is 84.9 Å². The second-order valence-electron chi connectivity index (χ2n) is 5.80. The topological polar surface area (TPSA) is 0 Å². The normalized spacial score (nSPS) is 11.4. The van der Waals surface area contributed by atoms with Gasteiger partial charge in [-0.3, -0.25) is 0 Å². The first-order valence-electron chi connectivity index (χ1n) is 8.12. The van der Waals surface area contributed by atoms with Gasteiger partial charge in [-0.05, 0) is 0 Å². The van der Waals surface area contributed by atoms with E-state index in [9.17, 15) is 0 Å². The molecule has 0 bridgehead atoms. The van der Waals surface area contributed by atoms with E-state index in [4.69, 9.17) is 0 Å². The Morgan fingerprint density at radius 3 is 2.20 bits per heavy atom. The van der Waals surface area contributed by atoms with Crippen molar-refractivity contribution in [3.05, 3.63) is 84.9 Å². The molecule has 2 heterocycles. The van der Waals surface area contributed by atoms with Gasteiger partial charge in [-0.2, -0.15) is 0 Å². The molecule has 0 amide bonds. The van der Waals surface area contributed by atoms with Crippen molar-refractivity contribution >= 4 is 68.8 Å². The summed E-state index contributed by atoms with van der Waals surface area (Å²) in [6.07, 6.45) is 0. The summed E-state index contributed by atoms with van der Waals surface area (Å²) < 4.78 is 7.67. The molecule has 0 spiro atoms. The summed E-state index contributed by atoms with van der Waals surface area (Å²) in [6.45, 7) is 0. The predicted molar refractivity (Wildman–Crippen MR) is 113 cm³/mol. The van der Waals surface area contributed by atoms with Gasteiger partial charge in [0.15, 0.2) is 0 Å². The van der Waals surface area contributed by atoms with E-state index < -0.39 is 0 Å². The van der Waals surface area contributed by atoms with Crippen LogP contribution in [0.25, 0.3) is 29.0 Å². The third kappa shape index (κ3) is 2.83. The summed E-state index contributed by atoms with van der Waals surface area (Å²) in [5.74, 6) is 0. The van der Waals surface area contributed by atoms with Gasteiger partial charge in [0.25, 0.3) is 0 Å². The molecule has 2 aromatic heterocycles. The Labute approximate surface area is 163 Å². The van der Waals surface area contributed by atoms with Gasteiger partial charge in [0.1, 0.15) is 0 Å². The number of thiophene rings is 1. The van der Waals surface area contributed by atoms with E-state index in [0.717, 1.165) is 0 Å². The van der Waals surface area contributed by atoms with E-state index in [-0.39, 0.29) is 0 Å². The molecule has 0 aliphatic heterocycles. The first-order chi connectivity index (χ1) is 12.4. The van der Waals surface area contributed by atoms with Crippen LogP contribution in [-0.2, 0) is 0 Å². The second kappa shape index (κ2) is 6.61. The van der Waals surface area contributed by atoms with Crippen LogP contribution in [0.1, 0.15) is 0 Å². The van der Waals surface area contributed by atoms with Gasteiger partial charge in [-0.15, -0.1) is 0 Å². The van der Waals surface area contributed by atoms with Gasteiger partial charge < -0.3 is 0 Å². The van der Waals surface area contributed by atoms with Crippen LogP contribution in [0.4, 0.5) is 0 Å². The minimum atomic E-state index is 0.337. The molecule has 0 aliphatic carbocycles. The summed E-state index contributed by atoms with van der Waals surface area (Å²) in [7, 11) is 0. The monoisotopic (exact) mass is 470 g/mol. The van der Waals surface area contributed by atoms with Crippen molar-refractivity contribution in [3.8, 4) is 10.0 Å². The Kier molecular flexibility index (Phi) is 4.13. The first kappa shape index (κ1) is 15.6. The van der Waals surface area contributed by atoms with Crippen molar-refractivity contribution in [2.45, 2.75) is 0 Å². The minimum absolute atomic E-state index is 0.337. The molecule has 0 saturated heterocycles. The first-order valence-corrected chi connectivity index (χ1v) is 12.4. The maximum absolute atomic E-state index is 2.30. The number of benzene rings is 3. The maximum atomic E-state index is 2.30. The van der Waals surface area contributed by atoms with Gasteiger partial charge in [-0.25, -0.2) is 0 Å². The van der Waals surface area contributed by atoms with E-state index in [2.05, 4.69) is 84.9 Å². The number of rotatable bonds is 3. The Morgan fingerprint density at radius 2 is 1.40 bits per heavy atom. The van der Waals surface area contributed by atoms with Crippen LogP contribution in [0.2, 0.25) is 0 Å². The fraction of sp³-hybridized carbons (Fsp3) is 0. The van der Waals surface area contributed by atoms with E-state index in [0.29, 0.717) is 29.5 Å². The molecule has 0 atom stereocenters. The van der Waals surface area contributed by atoms with Gasteiger partial charge in [0, 0.05) is 0 Å². The Bertz CT molecular complexity index is 1150. The van der Waals surface area contributed by atoms with E-state index >= 15 is 0 Å². The summed E-state index contributed by atoms with van der Waals surface area (Å²) >= 11 is 2.74. The van der Waals surface area contributed by atoms with Gasteiger partial charge in [0.05, 0.1) is 0 Å². The number of hydrogen-bond acceptors (Lipinski definition) is 1. The van der Waals surface area contributed by atoms with Crippen molar-refractivity contribution in [1.29, 1.82) is 0 Å². The molecule has 0 nitrogen and oxygen atoms in total. The summed E-state index contributed by atoms with van der Waals surface area (Å²) in [5, 5.41) is 2.99. The molecule has 5 aromatic rings. The zero-order valence-electron chi connectivity index (χ0n) is 13.3. The third-order valence-corrected chi connectivity index (χ3v) is 11.3. The Hall–Kier alpha value is -1.60. The number of hydrogen-bond donors (Lipinski definition) is 0.